The van der Waals surface area contributed by atoms with Crippen LogP contribution in [0.2, 0.25) is 0 Å². The first-order valence-corrected chi connectivity index (χ1v) is 13.7. The quantitative estimate of drug-likeness (QED) is 0.202. The second-order valence-electron chi connectivity index (χ2n) is 11.3. The molecule has 2 atom stereocenters. The average molecular weight is 538 g/mol. The number of fused-ring (bicyclic) bond motifs is 9. The first kappa shape index (κ1) is 23.4. The maximum atomic E-state index is 4.65. The molecule has 2 unspecified atom stereocenters. The lowest BCUT2D eigenvalue weighted by Gasteiger charge is -2.32. The van der Waals surface area contributed by atoms with Gasteiger partial charge in [-0.2, -0.15) is 9.13 Å². The molecular weight excluding hydrogens is 504 g/mol. The Labute approximate surface area is 223 Å². The molecule has 2 aliphatic rings. The first-order chi connectivity index (χ1) is 17.3. The van der Waals surface area contributed by atoms with Gasteiger partial charge in [-0.3, -0.25) is 0 Å². The van der Waals surface area contributed by atoms with Crippen molar-refractivity contribution in [3.8, 4) is 22.5 Å². The highest BCUT2D eigenvalue weighted by Crippen LogP contribution is 2.45. The highest BCUT2D eigenvalue weighted by molar-refractivity contribution is 9.10. The van der Waals surface area contributed by atoms with Crippen LogP contribution in [0.25, 0.3) is 28.2 Å². The minimum atomic E-state index is 0.113. The number of hydrogen-bond acceptors (Lipinski definition) is 0. The van der Waals surface area contributed by atoms with Crippen molar-refractivity contribution in [1.82, 2.24) is 0 Å². The van der Waals surface area contributed by atoms with Crippen molar-refractivity contribution in [2.24, 2.45) is 0 Å². The normalized spacial score (nSPS) is 18.8. The second-order valence-corrected chi connectivity index (χ2v) is 12.2. The van der Waals surface area contributed by atoms with Gasteiger partial charge < -0.3 is 0 Å². The lowest BCUT2D eigenvalue weighted by molar-refractivity contribution is -0.720. The molecule has 0 fully saturated rings. The Morgan fingerprint density at radius 3 is 2.53 bits per heavy atom. The van der Waals surface area contributed by atoms with E-state index in [1.807, 2.05) is 0 Å². The smallest absolute Gasteiger partial charge is 0.194 e. The summed E-state index contributed by atoms with van der Waals surface area (Å²) in [4.78, 5) is 0. The fraction of sp³-hybridized carbons (Fsp3) is 0.273. The van der Waals surface area contributed by atoms with Crippen LogP contribution < -0.4 is 9.13 Å². The summed E-state index contributed by atoms with van der Waals surface area (Å²) in [7, 11) is 0. The maximum Gasteiger partial charge on any atom is 0.218 e. The maximum absolute atomic E-state index is 4.65. The van der Waals surface area contributed by atoms with Gasteiger partial charge in [-0.25, -0.2) is 0 Å². The minimum Gasteiger partial charge on any atom is -0.194 e. The molecule has 2 aromatic carbocycles. The van der Waals surface area contributed by atoms with E-state index in [0.29, 0.717) is 12.0 Å². The summed E-state index contributed by atoms with van der Waals surface area (Å²) in [5, 5.41) is 0. The van der Waals surface area contributed by atoms with E-state index in [1.165, 1.54) is 39.2 Å². The van der Waals surface area contributed by atoms with Crippen molar-refractivity contribution in [3.63, 3.8) is 0 Å². The van der Waals surface area contributed by atoms with Gasteiger partial charge in [0.25, 0.3) is 0 Å². The molecule has 3 heteroatoms. The van der Waals surface area contributed by atoms with Crippen molar-refractivity contribution in [2.45, 2.75) is 57.4 Å². The SMILES string of the molecule is C=C1CC2C(CCc3ccccc3-c3ccc(Br)c[n+]31)c1cc(C(C)(C)C)ccc1-c1cccc[n+]12. The van der Waals surface area contributed by atoms with Gasteiger partial charge >= 0.3 is 0 Å². The van der Waals surface area contributed by atoms with Crippen LogP contribution in [0.5, 0.6) is 0 Å². The Morgan fingerprint density at radius 2 is 1.69 bits per heavy atom. The summed E-state index contributed by atoms with van der Waals surface area (Å²) in [6.07, 6.45) is 7.49. The number of pyridine rings is 2. The second kappa shape index (κ2) is 8.81. The van der Waals surface area contributed by atoms with Gasteiger partial charge in [-0.15, -0.1) is 0 Å². The molecule has 0 aliphatic carbocycles. The number of benzene rings is 2. The van der Waals surface area contributed by atoms with Crippen LogP contribution in [-0.2, 0) is 11.8 Å². The van der Waals surface area contributed by atoms with Crippen LogP contribution in [0.3, 0.4) is 0 Å². The van der Waals surface area contributed by atoms with Crippen LogP contribution in [-0.4, -0.2) is 0 Å². The number of aryl methyl sites for hydroxylation is 1. The van der Waals surface area contributed by atoms with Crippen molar-refractivity contribution in [1.29, 1.82) is 0 Å². The monoisotopic (exact) mass is 536 g/mol. The van der Waals surface area contributed by atoms with E-state index in [0.717, 1.165) is 29.4 Å². The number of aromatic nitrogens is 2. The molecule has 0 N–H and O–H groups in total. The van der Waals surface area contributed by atoms with E-state index in [4.69, 9.17) is 0 Å². The summed E-state index contributed by atoms with van der Waals surface area (Å²) in [6.45, 7) is 11.6. The van der Waals surface area contributed by atoms with Crippen LogP contribution in [0.15, 0.2) is 96.2 Å². The lowest BCUT2D eigenvalue weighted by Crippen LogP contribution is -2.49. The molecule has 0 spiro atoms. The van der Waals surface area contributed by atoms with Gasteiger partial charge in [0.1, 0.15) is 0 Å². The molecule has 2 nitrogen and oxygen atoms in total. The highest BCUT2D eigenvalue weighted by atomic mass is 79.9. The number of hydrogen-bond donors (Lipinski definition) is 0. The molecule has 180 valence electrons. The molecular formula is C33H33BrN2+2. The molecule has 0 saturated heterocycles. The number of allylic oxidation sites excluding steroid dienone is 1. The van der Waals surface area contributed by atoms with Crippen molar-refractivity contribution in [3.05, 3.63) is 113 Å². The van der Waals surface area contributed by atoms with Crippen molar-refractivity contribution in [2.75, 3.05) is 0 Å². The Kier molecular flexibility index (Phi) is 5.72. The Hall–Kier alpha value is -3.04. The standard InChI is InChI=1S/C33H33BrN2/c1-22-19-32-28(15-12-23-9-5-6-10-26(23)31-17-14-25(34)21-36(22)31)29-20-24(33(2,3)4)13-16-27(29)30-11-7-8-18-35(30)32/h5-11,13-14,16-18,20-21,28,32H,1,12,15,19H2,2-4H3/q+2. The molecule has 6 rings (SSSR count). The van der Waals surface area contributed by atoms with E-state index in [1.54, 1.807) is 0 Å². The van der Waals surface area contributed by atoms with Gasteiger partial charge in [0.15, 0.2) is 24.1 Å². The van der Waals surface area contributed by atoms with Crippen LogP contribution in [0.1, 0.15) is 62.3 Å². The summed E-state index contributed by atoms with van der Waals surface area (Å²) >= 11 is 3.71. The number of nitrogens with zero attached hydrogens (tertiary/aromatic N) is 2. The summed E-state index contributed by atoms with van der Waals surface area (Å²) < 4.78 is 5.88. The van der Waals surface area contributed by atoms with Gasteiger partial charge in [0.2, 0.25) is 11.4 Å². The number of halogens is 1. The van der Waals surface area contributed by atoms with Gasteiger partial charge in [0.05, 0.1) is 10.9 Å². The van der Waals surface area contributed by atoms with Crippen molar-refractivity contribution >= 4 is 21.6 Å². The summed E-state index contributed by atoms with van der Waals surface area (Å²) in [6, 6.07) is 27.4. The van der Waals surface area contributed by atoms with E-state index in [9.17, 15) is 0 Å². The summed E-state index contributed by atoms with van der Waals surface area (Å²) in [5.74, 6) is 0.404. The zero-order chi connectivity index (χ0) is 25.0. The third-order valence-corrected chi connectivity index (χ3v) is 8.49. The zero-order valence-corrected chi connectivity index (χ0v) is 22.9. The molecule has 0 radical (unpaired) electrons. The van der Waals surface area contributed by atoms with E-state index in [-0.39, 0.29) is 5.41 Å². The Bertz CT molecular complexity index is 1490. The fourth-order valence-corrected chi connectivity index (χ4v) is 6.46. The van der Waals surface area contributed by atoms with E-state index >= 15 is 0 Å². The first-order valence-electron chi connectivity index (χ1n) is 12.9. The summed E-state index contributed by atoms with van der Waals surface area (Å²) in [5.41, 5.74) is 10.7. The van der Waals surface area contributed by atoms with E-state index < -0.39 is 0 Å². The van der Waals surface area contributed by atoms with Crippen LogP contribution >= 0.6 is 15.9 Å². The molecule has 0 bridgehead atoms. The van der Waals surface area contributed by atoms with Gasteiger partial charge in [-0.05, 0) is 81.7 Å². The molecule has 4 heterocycles. The minimum absolute atomic E-state index is 0.113. The van der Waals surface area contributed by atoms with Crippen LogP contribution in [0, 0.1) is 0 Å². The third-order valence-electron chi connectivity index (χ3n) is 8.02. The molecule has 4 aromatic rings. The van der Waals surface area contributed by atoms with E-state index in [2.05, 4.69) is 138 Å². The molecule has 0 saturated carbocycles. The zero-order valence-electron chi connectivity index (χ0n) is 21.3. The average Bonchev–Trinajstić information content (AvgIpc) is 2.87. The largest absolute Gasteiger partial charge is 0.218 e. The molecule has 0 amide bonds. The predicted molar refractivity (Wildman–Crippen MR) is 151 cm³/mol. The third kappa shape index (κ3) is 3.94. The number of rotatable bonds is 0. The molecule has 36 heavy (non-hydrogen) atoms. The fourth-order valence-electron chi connectivity index (χ4n) is 6.13. The lowest BCUT2D eigenvalue weighted by atomic mass is 9.75. The predicted octanol–water partition coefficient (Wildman–Crippen LogP) is 7.80. The Morgan fingerprint density at radius 1 is 0.889 bits per heavy atom. The van der Waals surface area contributed by atoms with Crippen molar-refractivity contribution < 1.29 is 9.13 Å². The molecule has 2 aromatic heterocycles. The molecule has 2 aliphatic heterocycles. The van der Waals surface area contributed by atoms with Gasteiger partial charge in [0, 0.05) is 35.2 Å². The van der Waals surface area contributed by atoms with Gasteiger partial charge in [-0.1, -0.05) is 51.1 Å². The highest BCUT2D eigenvalue weighted by Gasteiger charge is 2.42. The topological polar surface area (TPSA) is 7.76 Å². The van der Waals surface area contributed by atoms with Crippen LogP contribution in [0.4, 0.5) is 0 Å². The Balaban J connectivity index is 1.57.